The number of H-pyrrole nitrogens is 2. The number of rotatable bonds is 8. The third kappa shape index (κ3) is 11.4. The monoisotopic (exact) mass is 1190 g/mol. The molecular weight excluding hydrogens is 1100 g/mol. The van der Waals surface area contributed by atoms with Gasteiger partial charge in [0.25, 0.3) is 0 Å². The maximum atomic E-state index is 6.14. The molecule has 11 nitrogen and oxygen atoms in total. The van der Waals surface area contributed by atoms with Crippen LogP contribution in [-0.2, 0) is 15.9 Å². The largest absolute Gasteiger partial charge is 0.512 e. The Hall–Kier alpha value is -6.32. The van der Waals surface area contributed by atoms with E-state index in [2.05, 4.69) is 247 Å². The van der Waals surface area contributed by atoms with Gasteiger partial charge in [0.15, 0.2) is 0 Å². The van der Waals surface area contributed by atoms with Gasteiger partial charge in [-0.15, -0.1) is 0 Å². The van der Waals surface area contributed by atoms with E-state index in [9.17, 15) is 0 Å². The Morgan fingerprint density at radius 1 is 0.548 bits per heavy atom. The van der Waals surface area contributed by atoms with Gasteiger partial charge in [-0.1, -0.05) is 84.9 Å². The summed E-state index contributed by atoms with van der Waals surface area (Å²) in [6.45, 7) is 30.0. The summed E-state index contributed by atoms with van der Waals surface area (Å²) in [7, 11) is 5.79. The van der Waals surface area contributed by atoms with Crippen LogP contribution < -0.4 is 37.1 Å². The fraction of sp³-hybridized carbons (Fsp3) is 0.408. The third-order valence-corrected chi connectivity index (χ3v) is 19.7. The second-order valence-electron chi connectivity index (χ2n) is 25.3. The number of aryl methyl sites for hydroxylation is 6. The first-order valence-electron chi connectivity index (χ1n) is 30.8. The molecule has 6 aromatic carbocycles. The summed E-state index contributed by atoms with van der Waals surface area (Å²) in [5.74, 6) is 1.84. The van der Waals surface area contributed by atoms with Crippen molar-refractivity contribution in [3.8, 4) is 22.5 Å². The first-order chi connectivity index (χ1) is 40.4. The molecule has 7 N–H and O–H groups in total. The van der Waals surface area contributed by atoms with Crippen LogP contribution in [0.2, 0.25) is 0 Å². The highest BCUT2D eigenvalue weighted by atomic mass is 79.9. The number of fused-ring (bicyclic) bond motifs is 8. The predicted molar refractivity (Wildman–Crippen MR) is 361 cm³/mol. The van der Waals surface area contributed by atoms with Crippen LogP contribution >= 0.6 is 15.9 Å². The molecule has 5 aliphatic rings. The zero-order valence-electron chi connectivity index (χ0n) is 52.1. The highest BCUT2D eigenvalue weighted by Gasteiger charge is 2.53. The number of likely N-dealkylation sites (N-methyl/N-ethyl adjacent to an activating group) is 3. The molecule has 1 fully saturated rings. The van der Waals surface area contributed by atoms with Crippen LogP contribution in [0, 0.1) is 41.5 Å². The van der Waals surface area contributed by atoms with E-state index in [-0.39, 0.29) is 18.3 Å². The predicted octanol–water partition coefficient (Wildman–Crippen LogP) is 14.7. The molecule has 84 heavy (non-hydrogen) atoms. The Kier molecular flexibility index (Phi) is 17.4. The second kappa shape index (κ2) is 24.6. The van der Waals surface area contributed by atoms with Gasteiger partial charge in [-0.05, 0) is 200 Å². The fourth-order valence-corrected chi connectivity index (χ4v) is 14.4. The lowest BCUT2D eigenvalue weighted by atomic mass is 9.82. The molecule has 0 amide bonds. The van der Waals surface area contributed by atoms with E-state index in [0.717, 1.165) is 63.5 Å². The molecule has 0 aliphatic carbocycles. The van der Waals surface area contributed by atoms with Gasteiger partial charge in [0, 0.05) is 135 Å². The van der Waals surface area contributed by atoms with Crippen molar-refractivity contribution >= 4 is 78.4 Å². The summed E-state index contributed by atoms with van der Waals surface area (Å²) in [5.41, 5.74) is 25.8. The van der Waals surface area contributed by atoms with Gasteiger partial charge < -0.3 is 55.3 Å². The number of hydrogen-bond acceptors (Lipinski definition) is 8. The second-order valence-corrected chi connectivity index (χ2v) is 26.2. The topological polar surface area (TPSA) is 118 Å². The fourth-order valence-electron chi connectivity index (χ4n) is 13.9. The summed E-state index contributed by atoms with van der Waals surface area (Å²) in [5, 5.41) is 21.0. The standard InChI is InChI=1S/C23H27N3.C21H25N3.C16H22BNO2.C11H15BrN2/c1-15-7-8-18-16(2)22-20-6-4-5-19-17(14-24-3)9-10-25(23(19)20)11-12-26(22)21(18)13-15;1-13-7-8-16-14(2)20(24-19(16)11-13)18-6-4-5-17-15(12-22-3)9-10-23-21(17)18;1-10-7-8-12-11(2)14(18-13(12)9-10)17-19-15(3,4)16(5,6)20-17;1-13-7-8-5-6-14-11-9(8)3-2-4-10(11)12/h4-8,13,17,24H,9-12,14H2,1-3H3;4-8,11,15,22-24H,9-10,12H2,1-3H3;7-9,18H,1-6H3;2-4,8,13-14H,5-7H2,1H3. The molecule has 8 heterocycles. The summed E-state index contributed by atoms with van der Waals surface area (Å²) >= 11 is 3.58. The number of aromatic amines is 2. The number of hydrogen-bond donors (Lipinski definition) is 7. The molecule has 0 bridgehead atoms. The van der Waals surface area contributed by atoms with E-state index in [0.29, 0.717) is 17.8 Å². The normalized spacial score (nSPS) is 18.9. The Morgan fingerprint density at radius 3 is 1.70 bits per heavy atom. The van der Waals surface area contributed by atoms with Crippen molar-refractivity contribution in [2.24, 2.45) is 0 Å². The molecular formula is C71H89BBrN9O2. The number of para-hydroxylation sites is 3. The van der Waals surface area contributed by atoms with Crippen LogP contribution in [-0.4, -0.2) is 99.8 Å². The first kappa shape index (κ1) is 59.4. The van der Waals surface area contributed by atoms with E-state index in [1.807, 2.05) is 14.1 Å². The molecule has 0 radical (unpaired) electrons. The average Bonchev–Trinajstić information content (AvgIpc) is 2.41. The SMILES string of the molecule is CNCC1CCN2CCn3c(c(C)c4ccc(C)cc43)-c3cccc1c32.CNCC1CCNc2c(-c3[nH]c4cc(C)ccc4c3C)cccc21.CNCC1CCNc2c(Br)cccc21.Cc1ccc2c(C)c(B3OC(C)(C)C(C)(C)O3)[nH]c2c1. The Morgan fingerprint density at radius 2 is 1.07 bits per heavy atom. The first-order valence-corrected chi connectivity index (χ1v) is 31.5. The maximum Gasteiger partial charge on any atom is 0.512 e. The summed E-state index contributed by atoms with van der Waals surface area (Å²) < 4.78 is 16.0. The van der Waals surface area contributed by atoms with Crippen molar-refractivity contribution < 1.29 is 9.31 Å². The van der Waals surface area contributed by atoms with Crippen LogP contribution in [0.3, 0.4) is 0 Å². The molecule has 3 unspecified atom stereocenters. The van der Waals surface area contributed by atoms with Gasteiger partial charge in [-0.3, -0.25) is 0 Å². The highest BCUT2D eigenvalue weighted by molar-refractivity contribution is 9.10. The minimum absolute atomic E-state index is 0.308. The maximum absolute atomic E-state index is 6.14. The third-order valence-electron chi connectivity index (χ3n) is 19.1. The number of aromatic nitrogens is 3. The van der Waals surface area contributed by atoms with Crippen molar-refractivity contribution in [3.05, 3.63) is 164 Å². The van der Waals surface area contributed by atoms with Crippen LogP contribution in [0.25, 0.3) is 55.2 Å². The molecule has 5 aliphatic heterocycles. The van der Waals surface area contributed by atoms with Crippen molar-refractivity contribution in [1.29, 1.82) is 0 Å². The highest BCUT2D eigenvalue weighted by Crippen LogP contribution is 2.47. The van der Waals surface area contributed by atoms with Crippen LogP contribution in [0.4, 0.5) is 17.1 Å². The van der Waals surface area contributed by atoms with Crippen molar-refractivity contribution in [3.63, 3.8) is 0 Å². The molecule has 9 aromatic rings. The van der Waals surface area contributed by atoms with E-state index in [1.165, 1.54) is 141 Å². The molecule has 3 aromatic heterocycles. The van der Waals surface area contributed by atoms with Crippen molar-refractivity contribution in [1.82, 2.24) is 30.5 Å². The van der Waals surface area contributed by atoms with E-state index in [1.54, 1.807) is 0 Å². The van der Waals surface area contributed by atoms with Gasteiger partial charge in [0.1, 0.15) is 0 Å². The Bertz CT molecular complexity index is 3840. The lowest BCUT2D eigenvalue weighted by Crippen LogP contribution is -2.41. The average molecular weight is 1190 g/mol. The lowest BCUT2D eigenvalue weighted by molar-refractivity contribution is 0.00578. The van der Waals surface area contributed by atoms with Gasteiger partial charge in [-0.2, -0.15) is 0 Å². The quantitative estimate of drug-likeness (QED) is 0.0752. The van der Waals surface area contributed by atoms with Gasteiger partial charge in [-0.25, -0.2) is 0 Å². The number of halogens is 1. The zero-order valence-corrected chi connectivity index (χ0v) is 53.7. The van der Waals surface area contributed by atoms with Crippen molar-refractivity contribution in [2.45, 2.75) is 124 Å². The molecule has 1 saturated heterocycles. The van der Waals surface area contributed by atoms with E-state index < -0.39 is 0 Å². The number of benzene rings is 6. The number of nitrogens with one attached hydrogen (secondary N) is 7. The van der Waals surface area contributed by atoms with Gasteiger partial charge >= 0.3 is 7.12 Å². The summed E-state index contributed by atoms with van der Waals surface area (Å²) in [6, 6.07) is 40.1. The molecule has 0 spiro atoms. The summed E-state index contributed by atoms with van der Waals surface area (Å²) in [4.78, 5) is 9.76. The molecule has 14 rings (SSSR count). The van der Waals surface area contributed by atoms with Gasteiger partial charge in [0.2, 0.25) is 0 Å². The Balaban J connectivity index is 0.000000119. The lowest BCUT2D eigenvalue weighted by Gasteiger charge is -2.36. The van der Waals surface area contributed by atoms with Gasteiger partial charge in [0.05, 0.1) is 28.3 Å². The summed E-state index contributed by atoms with van der Waals surface area (Å²) in [6.07, 6.45) is 3.64. The molecule has 3 atom stereocenters. The van der Waals surface area contributed by atoms with Crippen molar-refractivity contribution in [2.75, 3.05) is 82.5 Å². The van der Waals surface area contributed by atoms with E-state index >= 15 is 0 Å². The van der Waals surface area contributed by atoms with Crippen LogP contribution in [0.15, 0.2) is 114 Å². The minimum Gasteiger partial charge on any atom is -0.398 e. The number of nitrogens with zero attached hydrogens (tertiary/aromatic N) is 2. The molecule has 13 heteroatoms. The minimum atomic E-state index is -0.326. The molecule has 440 valence electrons. The smallest absolute Gasteiger partial charge is 0.398 e. The molecule has 0 saturated carbocycles. The number of anilines is 3. The Labute approximate surface area is 508 Å². The van der Waals surface area contributed by atoms with Crippen LogP contribution in [0.1, 0.15) is 115 Å². The van der Waals surface area contributed by atoms with Crippen LogP contribution in [0.5, 0.6) is 0 Å². The van der Waals surface area contributed by atoms with E-state index in [4.69, 9.17) is 9.31 Å². The zero-order chi connectivity index (χ0) is 59.2.